The Bertz CT molecular complexity index is 496. The van der Waals surface area contributed by atoms with Crippen LogP contribution in [0.25, 0.3) is 0 Å². The Morgan fingerprint density at radius 2 is 2.14 bits per heavy atom. The number of aliphatic carboxylic acids is 1. The van der Waals surface area contributed by atoms with Crippen LogP contribution >= 0.6 is 0 Å². The number of pyridine rings is 1. The molecule has 0 spiro atoms. The van der Waals surface area contributed by atoms with E-state index in [1.165, 1.54) is 19.4 Å². The third-order valence-corrected chi connectivity index (χ3v) is 2.82. The van der Waals surface area contributed by atoms with Crippen molar-refractivity contribution in [2.45, 2.75) is 24.9 Å². The van der Waals surface area contributed by atoms with Gasteiger partial charge in [0.25, 0.3) is 0 Å². The molecule has 0 saturated carbocycles. The average Bonchev–Trinajstić information content (AvgIpc) is 2.98. The van der Waals surface area contributed by atoms with Gasteiger partial charge in [-0.2, -0.15) is 0 Å². The minimum Gasteiger partial charge on any atom is -0.481 e. The molecule has 0 aliphatic carbocycles. The van der Waals surface area contributed by atoms with E-state index < -0.39 is 17.5 Å². The summed E-state index contributed by atoms with van der Waals surface area (Å²) in [4.78, 5) is 15.1. The van der Waals surface area contributed by atoms with Crippen molar-refractivity contribution in [2.75, 3.05) is 6.61 Å². The minimum absolute atomic E-state index is 0.0134. The van der Waals surface area contributed by atoms with Gasteiger partial charge in [-0.15, -0.1) is 0 Å². The quantitative estimate of drug-likeness (QED) is 0.754. The maximum Gasteiger partial charge on any atom is 0.315 e. The van der Waals surface area contributed by atoms with E-state index in [1.54, 1.807) is 30.5 Å². The third kappa shape index (κ3) is 5.33. The smallest absolute Gasteiger partial charge is 0.315 e. The van der Waals surface area contributed by atoms with Gasteiger partial charge in [0, 0.05) is 19.2 Å². The van der Waals surface area contributed by atoms with E-state index in [4.69, 9.17) is 10.2 Å². The van der Waals surface area contributed by atoms with Gasteiger partial charge >= 0.3 is 5.97 Å². The number of rotatable bonds is 5. The highest BCUT2D eigenvalue weighted by Gasteiger charge is 2.39. The molecule has 114 valence electrons. The number of carboxylic acids is 1. The van der Waals surface area contributed by atoms with Crippen molar-refractivity contribution < 1.29 is 24.6 Å². The zero-order valence-corrected chi connectivity index (χ0v) is 11.6. The Labute approximate surface area is 121 Å². The van der Waals surface area contributed by atoms with Crippen LogP contribution in [0, 0.1) is 0 Å². The Balaban J connectivity index is 0.000000369. The number of aliphatic hydroxyl groups is 2. The summed E-state index contributed by atoms with van der Waals surface area (Å²) in [6, 6.07) is 6.60. The molecule has 0 amide bonds. The Morgan fingerprint density at radius 1 is 1.38 bits per heavy atom. The fourth-order valence-electron chi connectivity index (χ4n) is 1.80. The molecule has 7 nitrogen and oxygen atoms in total. The molecule has 2 heterocycles. The van der Waals surface area contributed by atoms with E-state index in [0.717, 1.165) is 0 Å². The lowest BCUT2D eigenvalue weighted by Crippen LogP contribution is -2.39. The normalized spacial score (nSPS) is 14.4. The summed E-state index contributed by atoms with van der Waals surface area (Å²) in [7, 11) is 0. The van der Waals surface area contributed by atoms with Crippen molar-refractivity contribution in [1.82, 2.24) is 10.1 Å². The second-order valence-corrected chi connectivity index (χ2v) is 4.55. The largest absolute Gasteiger partial charge is 0.481 e. The van der Waals surface area contributed by atoms with Crippen LogP contribution in [0.1, 0.15) is 25.0 Å². The van der Waals surface area contributed by atoms with E-state index in [1.807, 2.05) is 0 Å². The van der Waals surface area contributed by atoms with Crippen molar-refractivity contribution in [1.29, 1.82) is 0 Å². The predicted molar refractivity (Wildman–Crippen MR) is 73.4 cm³/mol. The minimum atomic E-state index is -1.52. The topological polar surface area (TPSA) is 117 Å². The SMILES string of the molecule is CC(O)(CCO)C(C(=O)O)c1ccccn1.c1cnoc1. The number of carbonyl (C=O) groups is 1. The molecule has 2 aromatic rings. The standard InChI is InChI=1S/C11H15NO4.C3H3NO/c1-11(16,5-7-13)9(10(14)15)8-4-2-3-6-12-8;1-2-4-5-3-1/h2-4,6,9,13,16H,5,7H2,1H3,(H,14,15);1-3H. The molecule has 0 aliphatic heterocycles. The fourth-order valence-corrected chi connectivity index (χ4v) is 1.80. The first kappa shape index (κ1) is 16.8. The van der Waals surface area contributed by atoms with E-state index in [2.05, 4.69) is 14.7 Å². The summed E-state index contributed by atoms with van der Waals surface area (Å²) >= 11 is 0. The Morgan fingerprint density at radius 3 is 2.52 bits per heavy atom. The molecule has 0 radical (unpaired) electrons. The number of aliphatic hydroxyl groups excluding tert-OH is 1. The van der Waals surface area contributed by atoms with Gasteiger partial charge in [-0.05, 0) is 25.1 Å². The van der Waals surface area contributed by atoms with E-state index in [0.29, 0.717) is 0 Å². The molecule has 0 aliphatic rings. The van der Waals surface area contributed by atoms with Crippen molar-refractivity contribution in [3.05, 3.63) is 48.6 Å². The summed E-state index contributed by atoms with van der Waals surface area (Å²) in [5.41, 5.74) is -1.23. The summed E-state index contributed by atoms with van der Waals surface area (Å²) in [6.45, 7) is 1.11. The van der Waals surface area contributed by atoms with Crippen molar-refractivity contribution >= 4 is 5.97 Å². The Kier molecular flexibility index (Phi) is 6.51. The fraction of sp³-hybridized carbons (Fsp3) is 0.357. The van der Waals surface area contributed by atoms with Crippen molar-refractivity contribution in [2.24, 2.45) is 0 Å². The molecular weight excluding hydrogens is 276 g/mol. The summed E-state index contributed by atoms with van der Waals surface area (Å²) in [5.74, 6) is -2.29. The number of nitrogens with zero attached hydrogens (tertiary/aromatic N) is 2. The molecule has 3 N–H and O–H groups in total. The monoisotopic (exact) mass is 294 g/mol. The summed E-state index contributed by atoms with van der Waals surface area (Å²) in [6.07, 6.45) is 4.56. The summed E-state index contributed by atoms with van der Waals surface area (Å²) < 4.78 is 4.33. The highest BCUT2D eigenvalue weighted by atomic mass is 16.5. The van der Waals surface area contributed by atoms with E-state index in [-0.39, 0.29) is 18.7 Å². The molecule has 0 saturated heterocycles. The van der Waals surface area contributed by atoms with Gasteiger partial charge < -0.3 is 19.8 Å². The zero-order chi connectivity index (χ0) is 15.7. The van der Waals surface area contributed by atoms with Gasteiger partial charge in [0.05, 0.1) is 17.5 Å². The van der Waals surface area contributed by atoms with Gasteiger partial charge in [-0.1, -0.05) is 11.2 Å². The van der Waals surface area contributed by atoms with Crippen LogP contribution in [-0.4, -0.2) is 43.6 Å². The molecule has 7 heteroatoms. The highest BCUT2D eigenvalue weighted by molar-refractivity contribution is 5.77. The van der Waals surface area contributed by atoms with Crippen LogP contribution < -0.4 is 0 Å². The van der Waals surface area contributed by atoms with Crippen molar-refractivity contribution in [3.63, 3.8) is 0 Å². The molecule has 2 unspecified atom stereocenters. The molecule has 0 aromatic carbocycles. The average molecular weight is 294 g/mol. The summed E-state index contributed by atoms with van der Waals surface area (Å²) in [5, 5.41) is 31.3. The van der Waals surface area contributed by atoms with Crippen molar-refractivity contribution in [3.8, 4) is 0 Å². The first-order valence-corrected chi connectivity index (χ1v) is 6.30. The molecule has 21 heavy (non-hydrogen) atoms. The highest BCUT2D eigenvalue weighted by Crippen LogP contribution is 2.29. The lowest BCUT2D eigenvalue weighted by atomic mass is 9.84. The first-order chi connectivity index (χ1) is 9.99. The van der Waals surface area contributed by atoms with Crippen LogP contribution in [0.3, 0.4) is 0 Å². The van der Waals surface area contributed by atoms with Gasteiger partial charge in [-0.3, -0.25) is 9.78 Å². The second-order valence-electron chi connectivity index (χ2n) is 4.55. The molecule has 0 bridgehead atoms. The van der Waals surface area contributed by atoms with Gasteiger partial charge in [-0.25, -0.2) is 0 Å². The van der Waals surface area contributed by atoms with Crippen LogP contribution in [0.2, 0.25) is 0 Å². The van der Waals surface area contributed by atoms with E-state index in [9.17, 15) is 9.90 Å². The van der Waals surface area contributed by atoms with Crippen LogP contribution in [0.4, 0.5) is 0 Å². The maximum atomic E-state index is 11.1. The van der Waals surface area contributed by atoms with Gasteiger partial charge in [0.15, 0.2) is 0 Å². The molecule has 2 rings (SSSR count). The van der Waals surface area contributed by atoms with Crippen LogP contribution in [0.15, 0.2) is 47.4 Å². The Hall–Kier alpha value is -2.25. The number of hydrogen-bond acceptors (Lipinski definition) is 6. The number of carboxylic acid groups (broad SMARTS) is 1. The van der Waals surface area contributed by atoms with E-state index >= 15 is 0 Å². The van der Waals surface area contributed by atoms with Gasteiger partial charge in [0.2, 0.25) is 0 Å². The molecule has 2 aromatic heterocycles. The number of aromatic nitrogens is 2. The lowest BCUT2D eigenvalue weighted by molar-refractivity contribution is -0.146. The first-order valence-electron chi connectivity index (χ1n) is 6.30. The zero-order valence-electron chi connectivity index (χ0n) is 11.6. The van der Waals surface area contributed by atoms with Gasteiger partial charge in [0.1, 0.15) is 12.2 Å². The maximum absolute atomic E-state index is 11.1. The molecular formula is C14H18N2O5. The predicted octanol–water partition coefficient (Wildman–Crippen LogP) is 1.06. The second kappa shape index (κ2) is 8.13. The van der Waals surface area contributed by atoms with Crippen LogP contribution in [-0.2, 0) is 4.79 Å². The third-order valence-electron chi connectivity index (χ3n) is 2.82. The molecule has 2 atom stereocenters. The number of hydrogen-bond donors (Lipinski definition) is 3. The van der Waals surface area contributed by atoms with Crippen LogP contribution in [0.5, 0.6) is 0 Å². The lowest BCUT2D eigenvalue weighted by Gasteiger charge is -2.28. The molecule has 0 fully saturated rings.